The summed E-state index contributed by atoms with van der Waals surface area (Å²) in [6.07, 6.45) is 0.970. The fourth-order valence-corrected chi connectivity index (χ4v) is 2.75. The van der Waals surface area contributed by atoms with Crippen LogP contribution in [0.25, 0.3) is 0 Å². The van der Waals surface area contributed by atoms with Crippen molar-refractivity contribution < 1.29 is 9.53 Å². The number of carbonyl (C=O) groups is 1. The first-order chi connectivity index (χ1) is 13.9. The molecule has 154 valence electrons. The Kier molecular flexibility index (Phi) is 8.59. The van der Waals surface area contributed by atoms with Crippen molar-refractivity contribution in [2.24, 2.45) is 10.2 Å². The van der Waals surface area contributed by atoms with Crippen LogP contribution in [0.2, 0.25) is 0 Å². The number of amides is 1. The van der Waals surface area contributed by atoms with Crippen LogP contribution < -0.4 is 5.32 Å². The van der Waals surface area contributed by atoms with E-state index >= 15 is 0 Å². The van der Waals surface area contributed by atoms with Crippen molar-refractivity contribution >= 4 is 17.5 Å². The van der Waals surface area contributed by atoms with Gasteiger partial charge >= 0.3 is 6.09 Å². The van der Waals surface area contributed by atoms with Crippen LogP contribution in [0.5, 0.6) is 0 Å². The first-order valence-electron chi connectivity index (χ1n) is 10.2. The molecule has 0 bridgehead atoms. The number of rotatable bonds is 8. The van der Waals surface area contributed by atoms with E-state index in [1.807, 2.05) is 70.2 Å². The standard InChI is InChI=1S/C24H31N3O2/c1-6-17(3)26-27-23(22-15-13-20(7-2)14-16-22)18(4)25-24(28)29-19(5)21-11-9-8-10-12-21/h8-16,18-19H,6-7H2,1-5H3,(H,25,28)/b26-17-,27-23-. The Bertz CT molecular complexity index is 842. The zero-order valence-electron chi connectivity index (χ0n) is 18.0. The van der Waals surface area contributed by atoms with Gasteiger partial charge in [0.05, 0.1) is 11.8 Å². The summed E-state index contributed by atoms with van der Waals surface area (Å²) in [5.74, 6) is 0. The number of aryl methyl sites for hydroxylation is 1. The van der Waals surface area contributed by atoms with Crippen LogP contribution in [0.1, 0.15) is 63.8 Å². The molecule has 1 amide bonds. The van der Waals surface area contributed by atoms with Crippen molar-refractivity contribution in [2.75, 3.05) is 0 Å². The molecule has 2 atom stereocenters. The van der Waals surface area contributed by atoms with E-state index in [0.29, 0.717) is 5.71 Å². The van der Waals surface area contributed by atoms with Gasteiger partial charge in [0.1, 0.15) is 6.10 Å². The predicted molar refractivity (Wildman–Crippen MR) is 120 cm³/mol. The van der Waals surface area contributed by atoms with Gasteiger partial charge in [-0.3, -0.25) is 0 Å². The molecule has 0 saturated carbocycles. The maximum Gasteiger partial charge on any atom is 0.408 e. The number of nitrogens with zero attached hydrogens (tertiary/aromatic N) is 2. The fourth-order valence-electron chi connectivity index (χ4n) is 2.75. The fraction of sp³-hybridized carbons (Fsp3) is 0.375. The molecule has 0 heterocycles. The summed E-state index contributed by atoms with van der Waals surface area (Å²) in [6.45, 7) is 9.83. The third kappa shape index (κ3) is 6.86. The Morgan fingerprint density at radius 2 is 1.66 bits per heavy atom. The summed E-state index contributed by atoms with van der Waals surface area (Å²) in [5.41, 5.74) is 4.75. The Labute approximate surface area is 173 Å². The van der Waals surface area contributed by atoms with Gasteiger partial charge in [-0.25, -0.2) is 4.79 Å². The average Bonchev–Trinajstić information content (AvgIpc) is 2.74. The maximum atomic E-state index is 12.4. The van der Waals surface area contributed by atoms with Crippen LogP contribution in [0.15, 0.2) is 64.8 Å². The third-order valence-corrected chi connectivity index (χ3v) is 4.80. The number of hydrogen-bond donors (Lipinski definition) is 1. The molecular formula is C24H31N3O2. The predicted octanol–water partition coefficient (Wildman–Crippen LogP) is 5.70. The number of nitrogens with one attached hydrogen (secondary N) is 1. The SMILES string of the molecule is CC/C(C)=N\N=C(/c1ccc(CC)cc1)C(C)NC(=O)OC(C)c1ccccc1. The summed E-state index contributed by atoms with van der Waals surface area (Å²) < 4.78 is 5.54. The topological polar surface area (TPSA) is 63.0 Å². The summed E-state index contributed by atoms with van der Waals surface area (Å²) >= 11 is 0. The molecule has 0 aromatic heterocycles. The van der Waals surface area contributed by atoms with Crippen LogP contribution in [-0.2, 0) is 11.2 Å². The minimum Gasteiger partial charge on any atom is -0.442 e. The zero-order valence-corrected chi connectivity index (χ0v) is 18.0. The molecule has 0 saturated heterocycles. The first-order valence-corrected chi connectivity index (χ1v) is 10.2. The lowest BCUT2D eigenvalue weighted by atomic mass is 10.0. The minimum absolute atomic E-state index is 0.340. The number of benzene rings is 2. The van der Waals surface area contributed by atoms with Gasteiger partial charge in [-0.1, -0.05) is 68.4 Å². The molecule has 2 aromatic rings. The average molecular weight is 394 g/mol. The Balaban J connectivity index is 2.15. The van der Waals surface area contributed by atoms with E-state index in [4.69, 9.17) is 4.74 Å². The van der Waals surface area contributed by atoms with Crippen LogP contribution in [0.3, 0.4) is 0 Å². The maximum absolute atomic E-state index is 12.4. The van der Waals surface area contributed by atoms with Crippen LogP contribution in [-0.4, -0.2) is 23.6 Å². The molecule has 2 rings (SSSR count). The quantitative estimate of drug-likeness (QED) is 0.462. The van der Waals surface area contributed by atoms with E-state index in [1.165, 1.54) is 5.56 Å². The highest BCUT2D eigenvalue weighted by atomic mass is 16.6. The molecule has 0 aliphatic carbocycles. The second kappa shape index (κ2) is 11.1. The monoisotopic (exact) mass is 393 g/mol. The molecule has 0 spiro atoms. The lowest BCUT2D eigenvalue weighted by molar-refractivity contribution is 0.106. The van der Waals surface area contributed by atoms with E-state index in [0.717, 1.165) is 29.7 Å². The molecule has 0 aliphatic rings. The second-order valence-corrected chi connectivity index (χ2v) is 7.05. The van der Waals surface area contributed by atoms with E-state index in [9.17, 15) is 4.79 Å². The summed E-state index contributed by atoms with van der Waals surface area (Å²) in [4.78, 5) is 12.4. The summed E-state index contributed by atoms with van der Waals surface area (Å²) in [6, 6.07) is 17.5. The lowest BCUT2D eigenvalue weighted by Gasteiger charge is -2.19. The van der Waals surface area contributed by atoms with E-state index in [1.54, 1.807) is 0 Å². The molecule has 5 heteroatoms. The molecule has 1 N–H and O–H groups in total. The van der Waals surface area contributed by atoms with Gasteiger partial charge in [0.15, 0.2) is 0 Å². The number of ether oxygens (including phenoxy) is 1. The third-order valence-electron chi connectivity index (χ3n) is 4.80. The van der Waals surface area contributed by atoms with Crippen molar-refractivity contribution in [3.63, 3.8) is 0 Å². The van der Waals surface area contributed by atoms with Crippen molar-refractivity contribution in [3.8, 4) is 0 Å². The smallest absolute Gasteiger partial charge is 0.408 e. The van der Waals surface area contributed by atoms with Crippen molar-refractivity contribution in [1.29, 1.82) is 0 Å². The van der Waals surface area contributed by atoms with Gasteiger partial charge in [0.25, 0.3) is 0 Å². The molecular weight excluding hydrogens is 362 g/mol. The molecule has 0 fully saturated rings. The highest BCUT2D eigenvalue weighted by Crippen LogP contribution is 2.16. The van der Waals surface area contributed by atoms with Gasteiger partial charge in [-0.05, 0) is 50.3 Å². The first kappa shape index (κ1) is 22.3. The van der Waals surface area contributed by atoms with Crippen LogP contribution in [0.4, 0.5) is 4.79 Å². The molecule has 2 aromatic carbocycles. The lowest BCUT2D eigenvalue weighted by Crippen LogP contribution is -2.39. The van der Waals surface area contributed by atoms with E-state index in [-0.39, 0.29) is 12.1 Å². The normalized spacial score (nSPS) is 14.2. The molecule has 0 aliphatic heterocycles. The molecule has 0 radical (unpaired) electrons. The Hall–Kier alpha value is -2.95. The van der Waals surface area contributed by atoms with Gasteiger partial charge in [0.2, 0.25) is 0 Å². The Morgan fingerprint density at radius 1 is 1.00 bits per heavy atom. The minimum atomic E-state index is -0.483. The second-order valence-electron chi connectivity index (χ2n) is 7.05. The van der Waals surface area contributed by atoms with Gasteiger partial charge in [-0.2, -0.15) is 10.2 Å². The molecule has 5 nitrogen and oxygen atoms in total. The number of hydrogen-bond acceptors (Lipinski definition) is 4. The molecule has 29 heavy (non-hydrogen) atoms. The van der Waals surface area contributed by atoms with E-state index < -0.39 is 6.09 Å². The molecule has 2 unspecified atom stereocenters. The van der Waals surface area contributed by atoms with Crippen molar-refractivity contribution in [3.05, 3.63) is 71.3 Å². The highest BCUT2D eigenvalue weighted by Gasteiger charge is 2.19. The summed E-state index contributed by atoms with van der Waals surface area (Å²) in [5, 5.41) is 11.6. The van der Waals surface area contributed by atoms with Crippen molar-refractivity contribution in [2.45, 2.75) is 59.6 Å². The van der Waals surface area contributed by atoms with E-state index in [2.05, 4.69) is 34.6 Å². The van der Waals surface area contributed by atoms with Gasteiger partial charge in [0, 0.05) is 5.71 Å². The van der Waals surface area contributed by atoms with Crippen LogP contribution in [0, 0.1) is 0 Å². The highest BCUT2D eigenvalue weighted by molar-refractivity contribution is 6.05. The van der Waals surface area contributed by atoms with Crippen LogP contribution >= 0.6 is 0 Å². The summed E-state index contributed by atoms with van der Waals surface area (Å²) in [7, 11) is 0. The van der Waals surface area contributed by atoms with Gasteiger partial charge in [-0.15, -0.1) is 0 Å². The largest absolute Gasteiger partial charge is 0.442 e. The van der Waals surface area contributed by atoms with Crippen molar-refractivity contribution in [1.82, 2.24) is 5.32 Å². The Morgan fingerprint density at radius 3 is 2.24 bits per heavy atom. The van der Waals surface area contributed by atoms with Gasteiger partial charge < -0.3 is 10.1 Å². The number of alkyl carbamates (subject to hydrolysis) is 1. The number of carbonyl (C=O) groups excluding carboxylic acids is 1. The zero-order chi connectivity index (χ0) is 21.2.